The summed E-state index contributed by atoms with van der Waals surface area (Å²) >= 11 is 0. The van der Waals surface area contributed by atoms with Gasteiger partial charge in [-0.05, 0) is 92.6 Å². The Morgan fingerprint density at radius 3 is 2.22 bits per heavy atom. The van der Waals surface area contributed by atoms with Gasteiger partial charge in [-0.25, -0.2) is 8.42 Å². The molecule has 0 aliphatic carbocycles. The Kier molecular flexibility index (Phi) is 8.22. The molecule has 3 aromatic carbocycles. The first-order chi connectivity index (χ1) is 17.6. The highest BCUT2D eigenvalue weighted by Gasteiger charge is 2.20. The standard InChI is InChI=1S/C30H37N3O3S/c1-22-8-9-23(2)29(20-22)33(37(4,35)36)21-25-10-12-27(13-11-25)30(34)31-24(3)26-14-16-28(17-15-26)32-18-6-5-7-19-32/h8-17,20,24H,5-7,18-19,21H2,1-4H3,(H,31,34)/t24-/m0/s1. The van der Waals surface area contributed by atoms with E-state index < -0.39 is 10.0 Å². The fourth-order valence-corrected chi connectivity index (χ4v) is 5.72. The molecule has 6 nitrogen and oxygen atoms in total. The van der Waals surface area contributed by atoms with Gasteiger partial charge in [-0.15, -0.1) is 0 Å². The molecule has 1 amide bonds. The van der Waals surface area contributed by atoms with Crippen LogP contribution in [0.25, 0.3) is 0 Å². The van der Waals surface area contributed by atoms with E-state index in [2.05, 4.69) is 34.5 Å². The van der Waals surface area contributed by atoms with Crippen molar-refractivity contribution in [3.05, 3.63) is 94.5 Å². The number of piperidine rings is 1. The Hall–Kier alpha value is -3.32. The Morgan fingerprint density at radius 2 is 1.59 bits per heavy atom. The van der Waals surface area contributed by atoms with Gasteiger partial charge in [0.05, 0.1) is 24.5 Å². The molecule has 37 heavy (non-hydrogen) atoms. The van der Waals surface area contributed by atoms with Gasteiger partial charge >= 0.3 is 0 Å². The summed E-state index contributed by atoms with van der Waals surface area (Å²) in [6, 6.07) is 21.2. The van der Waals surface area contributed by atoms with Crippen molar-refractivity contribution in [2.75, 3.05) is 28.6 Å². The second-order valence-electron chi connectivity index (χ2n) is 10.1. The number of amides is 1. The normalized spacial score (nSPS) is 14.8. The number of benzene rings is 3. The molecule has 0 unspecified atom stereocenters. The lowest BCUT2D eigenvalue weighted by Crippen LogP contribution is -2.30. The molecule has 1 fully saturated rings. The van der Waals surface area contributed by atoms with Crippen LogP contribution in [0.5, 0.6) is 0 Å². The molecule has 1 heterocycles. The van der Waals surface area contributed by atoms with Crippen molar-refractivity contribution < 1.29 is 13.2 Å². The number of anilines is 2. The Morgan fingerprint density at radius 1 is 0.946 bits per heavy atom. The number of nitrogens with one attached hydrogen (secondary N) is 1. The van der Waals surface area contributed by atoms with Crippen molar-refractivity contribution in [1.29, 1.82) is 0 Å². The average Bonchev–Trinajstić information content (AvgIpc) is 2.89. The minimum absolute atomic E-state index is 0.132. The number of hydrogen-bond acceptors (Lipinski definition) is 4. The third kappa shape index (κ3) is 6.72. The number of aryl methyl sites for hydroxylation is 2. The number of rotatable bonds is 8. The zero-order valence-corrected chi connectivity index (χ0v) is 23.0. The van der Waals surface area contributed by atoms with Gasteiger partial charge in [0, 0.05) is 24.3 Å². The molecule has 0 bridgehead atoms. The smallest absolute Gasteiger partial charge is 0.251 e. The molecule has 0 spiro atoms. The largest absolute Gasteiger partial charge is 0.372 e. The summed E-state index contributed by atoms with van der Waals surface area (Å²) < 4.78 is 26.6. The lowest BCUT2D eigenvalue weighted by Gasteiger charge is -2.29. The van der Waals surface area contributed by atoms with Crippen molar-refractivity contribution in [2.24, 2.45) is 0 Å². The number of sulfonamides is 1. The molecule has 1 atom stereocenters. The maximum atomic E-state index is 12.9. The summed E-state index contributed by atoms with van der Waals surface area (Å²) in [5.41, 5.74) is 6.21. The van der Waals surface area contributed by atoms with Crippen LogP contribution in [0.3, 0.4) is 0 Å². The van der Waals surface area contributed by atoms with E-state index in [-0.39, 0.29) is 18.5 Å². The molecule has 0 radical (unpaired) electrons. The molecule has 0 saturated carbocycles. The Bertz CT molecular complexity index is 1330. The lowest BCUT2D eigenvalue weighted by molar-refractivity contribution is 0.0940. The maximum Gasteiger partial charge on any atom is 0.251 e. The fourth-order valence-electron chi connectivity index (χ4n) is 4.79. The van der Waals surface area contributed by atoms with Crippen LogP contribution >= 0.6 is 0 Å². The van der Waals surface area contributed by atoms with Crippen molar-refractivity contribution in [3.63, 3.8) is 0 Å². The topological polar surface area (TPSA) is 69.7 Å². The molecule has 0 aromatic heterocycles. The van der Waals surface area contributed by atoms with Crippen LogP contribution in [-0.2, 0) is 16.6 Å². The summed E-state index contributed by atoms with van der Waals surface area (Å²) in [4.78, 5) is 15.3. The van der Waals surface area contributed by atoms with E-state index in [1.165, 1.54) is 35.5 Å². The van der Waals surface area contributed by atoms with Gasteiger partial charge in [0.25, 0.3) is 5.91 Å². The molecule has 1 aliphatic heterocycles. The van der Waals surface area contributed by atoms with Crippen LogP contribution in [0.1, 0.15) is 64.8 Å². The predicted molar refractivity (Wildman–Crippen MR) is 152 cm³/mol. The van der Waals surface area contributed by atoms with Crippen molar-refractivity contribution in [3.8, 4) is 0 Å². The van der Waals surface area contributed by atoms with E-state index in [0.717, 1.165) is 35.3 Å². The quantitative estimate of drug-likeness (QED) is 0.411. The highest BCUT2D eigenvalue weighted by Crippen LogP contribution is 2.26. The van der Waals surface area contributed by atoms with Gasteiger partial charge in [0.2, 0.25) is 10.0 Å². The van der Waals surface area contributed by atoms with Crippen LogP contribution in [0.4, 0.5) is 11.4 Å². The number of nitrogens with zero attached hydrogens (tertiary/aromatic N) is 2. The number of carbonyl (C=O) groups excluding carboxylic acids is 1. The zero-order valence-electron chi connectivity index (χ0n) is 22.2. The minimum atomic E-state index is -3.49. The second-order valence-corrected chi connectivity index (χ2v) is 12.0. The monoisotopic (exact) mass is 519 g/mol. The molecule has 196 valence electrons. The van der Waals surface area contributed by atoms with Gasteiger partial charge in [0.1, 0.15) is 0 Å². The maximum absolute atomic E-state index is 12.9. The lowest BCUT2D eigenvalue weighted by atomic mass is 10.1. The third-order valence-electron chi connectivity index (χ3n) is 7.04. The highest BCUT2D eigenvalue weighted by atomic mass is 32.2. The first-order valence-electron chi connectivity index (χ1n) is 12.9. The Labute approximate surface area is 221 Å². The molecule has 3 aromatic rings. The minimum Gasteiger partial charge on any atom is -0.372 e. The average molecular weight is 520 g/mol. The van der Waals surface area contributed by atoms with Crippen LogP contribution in [0.15, 0.2) is 66.7 Å². The van der Waals surface area contributed by atoms with E-state index in [0.29, 0.717) is 11.3 Å². The SMILES string of the molecule is Cc1ccc(C)c(N(Cc2ccc(C(=O)N[C@@H](C)c3ccc(N4CCCCC4)cc3)cc2)S(C)(=O)=O)c1. The van der Waals surface area contributed by atoms with E-state index >= 15 is 0 Å². The summed E-state index contributed by atoms with van der Waals surface area (Å²) in [5, 5.41) is 3.08. The molecule has 4 rings (SSSR count). The van der Waals surface area contributed by atoms with E-state index in [1.54, 1.807) is 12.1 Å². The first kappa shape index (κ1) is 26.7. The van der Waals surface area contributed by atoms with E-state index in [9.17, 15) is 13.2 Å². The molecular weight excluding hydrogens is 482 g/mol. The van der Waals surface area contributed by atoms with Crippen molar-refractivity contribution in [2.45, 2.75) is 52.6 Å². The van der Waals surface area contributed by atoms with Gasteiger partial charge in [0.15, 0.2) is 0 Å². The highest BCUT2D eigenvalue weighted by molar-refractivity contribution is 7.92. The summed E-state index contributed by atoms with van der Waals surface area (Å²) in [6.07, 6.45) is 5.01. The number of carbonyl (C=O) groups is 1. The zero-order chi connectivity index (χ0) is 26.6. The van der Waals surface area contributed by atoms with E-state index in [4.69, 9.17) is 0 Å². The van der Waals surface area contributed by atoms with Crippen LogP contribution in [0.2, 0.25) is 0 Å². The summed E-state index contributed by atoms with van der Waals surface area (Å²) in [5.74, 6) is -0.159. The number of hydrogen-bond donors (Lipinski definition) is 1. The van der Waals surface area contributed by atoms with Crippen molar-refractivity contribution >= 4 is 27.3 Å². The Balaban J connectivity index is 1.41. The molecular formula is C30H37N3O3S. The second kappa shape index (κ2) is 11.4. The molecule has 1 N–H and O–H groups in total. The van der Waals surface area contributed by atoms with Gasteiger partial charge in [-0.1, -0.05) is 36.4 Å². The third-order valence-corrected chi connectivity index (χ3v) is 8.16. The van der Waals surface area contributed by atoms with Gasteiger partial charge < -0.3 is 10.2 Å². The van der Waals surface area contributed by atoms with Gasteiger partial charge in [-0.2, -0.15) is 0 Å². The van der Waals surface area contributed by atoms with E-state index in [1.807, 2.05) is 51.1 Å². The fraction of sp³-hybridized carbons (Fsp3) is 0.367. The summed E-state index contributed by atoms with van der Waals surface area (Å²) in [7, 11) is -3.49. The van der Waals surface area contributed by atoms with Crippen LogP contribution < -0.4 is 14.5 Å². The predicted octanol–water partition coefficient (Wildman–Crippen LogP) is 5.75. The first-order valence-corrected chi connectivity index (χ1v) is 14.8. The molecule has 7 heteroatoms. The van der Waals surface area contributed by atoms with Crippen LogP contribution in [-0.4, -0.2) is 33.7 Å². The molecule has 1 saturated heterocycles. The summed E-state index contributed by atoms with van der Waals surface area (Å²) in [6.45, 7) is 8.24. The van der Waals surface area contributed by atoms with Gasteiger partial charge in [-0.3, -0.25) is 9.10 Å². The van der Waals surface area contributed by atoms with Crippen molar-refractivity contribution in [1.82, 2.24) is 5.32 Å². The molecule has 1 aliphatic rings. The van der Waals surface area contributed by atoms with Crippen LogP contribution in [0, 0.1) is 13.8 Å².